The largest absolute Gasteiger partial charge is 0.350 e. The minimum atomic E-state index is -0.434. The normalized spacial score (nSPS) is 19.0. The maximum atomic E-state index is 13.0. The predicted molar refractivity (Wildman–Crippen MR) is 110 cm³/mol. The number of nitrogens with one attached hydrogen (secondary N) is 1. The highest BCUT2D eigenvalue weighted by Crippen LogP contribution is 2.43. The number of rotatable bonds is 5. The van der Waals surface area contributed by atoms with Crippen LogP contribution in [0.4, 0.5) is 5.69 Å². The topological polar surface area (TPSA) is 62.3 Å². The Morgan fingerprint density at radius 3 is 2.68 bits per heavy atom. The summed E-state index contributed by atoms with van der Waals surface area (Å²) in [5.74, 6) is -0.580. The van der Waals surface area contributed by atoms with E-state index in [2.05, 4.69) is 10.3 Å². The average molecular weight is 391 g/mol. The van der Waals surface area contributed by atoms with Gasteiger partial charge in [0.15, 0.2) is 0 Å². The molecule has 1 aliphatic heterocycles. The van der Waals surface area contributed by atoms with Gasteiger partial charge in [-0.25, -0.2) is 0 Å². The molecule has 1 fully saturated rings. The van der Waals surface area contributed by atoms with Crippen molar-refractivity contribution in [2.24, 2.45) is 5.92 Å². The molecule has 0 saturated carbocycles. The Kier molecular flexibility index (Phi) is 5.21. The maximum Gasteiger partial charge on any atom is 0.228 e. The van der Waals surface area contributed by atoms with Crippen molar-refractivity contribution in [1.29, 1.82) is 0 Å². The molecule has 2 amide bonds. The molecule has 28 heavy (non-hydrogen) atoms. The molecule has 1 aliphatic rings. The second kappa shape index (κ2) is 7.94. The first-order chi connectivity index (χ1) is 13.6. The van der Waals surface area contributed by atoms with E-state index in [1.165, 1.54) is 0 Å². The zero-order chi connectivity index (χ0) is 19.5. The smallest absolute Gasteiger partial charge is 0.228 e. The molecule has 2 atom stereocenters. The van der Waals surface area contributed by atoms with E-state index in [0.717, 1.165) is 21.8 Å². The summed E-state index contributed by atoms with van der Waals surface area (Å²) in [5, 5.41) is 4.94. The SMILES string of the molecule is Cc1ccc(N2C(=O)C[C@@H](C(=O)NCc3ccccn3)[C@@H]2c2cccs2)cc1. The van der Waals surface area contributed by atoms with Crippen LogP contribution in [0.15, 0.2) is 66.2 Å². The number of amides is 2. The lowest BCUT2D eigenvalue weighted by atomic mass is 9.97. The van der Waals surface area contributed by atoms with Gasteiger partial charge in [-0.3, -0.25) is 14.6 Å². The monoisotopic (exact) mass is 391 g/mol. The van der Waals surface area contributed by atoms with Gasteiger partial charge in [0.2, 0.25) is 11.8 Å². The minimum Gasteiger partial charge on any atom is -0.350 e. The summed E-state index contributed by atoms with van der Waals surface area (Å²) in [6.45, 7) is 2.37. The van der Waals surface area contributed by atoms with Crippen LogP contribution >= 0.6 is 11.3 Å². The molecule has 1 saturated heterocycles. The summed E-state index contributed by atoms with van der Waals surface area (Å²) in [6, 6.07) is 17.1. The third kappa shape index (κ3) is 3.68. The molecule has 0 radical (unpaired) electrons. The Hall–Kier alpha value is -2.99. The summed E-state index contributed by atoms with van der Waals surface area (Å²) in [6.07, 6.45) is 1.90. The van der Waals surface area contributed by atoms with Gasteiger partial charge in [-0.2, -0.15) is 0 Å². The van der Waals surface area contributed by atoms with Crippen LogP contribution in [0.25, 0.3) is 0 Å². The van der Waals surface area contributed by atoms with Crippen molar-refractivity contribution in [3.05, 3.63) is 82.3 Å². The number of hydrogen-bond donors (Lipinski definition) is 1. The fraction of sp³-hybridized carbons (Fsp3) is 0.227. The van der Waals surface area contributed by atoms with Crippen LogP contribution in [-0.2, 0) is 16.1 Å². The van der Waals surface area contributed by atoms with Gasteiger partial charge >= 0.3 is 0 Å². The van der Waals surface area contributed by atoms with E-state index < -0.39 is 5.92 Å². The first-order valence-corrected chi connectivity index (χ1v) is 10.1. The fourth-order valence-electron chi connectivity index (χ4n) is 3.58. The maximum absolute atomic E-state index is 13.0. The van der Waals surface area contributed by atoms with Crippen LogP contribution in [0.5, 0.6) is 0 Å². The zero-order valence-corrected chi connectivity index (χ0v) is 16.4. The fourth-order valence-corrected chi connectivity index (χ4v) is 4.46. The molecular weight excluding hydrogens is 370 g/mol. The Balaban J connectivity index is 1.60. The van der Waals surface area contributed by atoms with Gasteiger partial charge in [0.05, 0.1) is 24.2 Å². The first kappa shape index (κ1) is 18.4. The van der Waals surface area contributed by atoms with Crippen LogP contribution in [0.1, 0.15) is 28.6 Å². The van der Waals surface area contributed by atoms with Crippen molar-refractivity contribution < 1.29 is 9.59 Å². The minimum absolute atomic E-state index is 0.0276. The van der Waals surface area contributed by atoms with E-state index >= 15 is 0 Å². The van der Waals surface area contributed by atoms with Crippen LogP contribution < -0.4 is 10.2 Å². The first-order valence-electron chi connectivity index (χ1n) is 9.23. The third-order valence-corrected chi connectivity index (χ3v) is 5.92. The van der Waals surface area contributed by atoms with E-state index in [1.54, 1.807) is 22.4 Å². The van der Waals surface area contributed by atoms with E-state index in [9.17, 15) is 9.59 Å². The number of thiophene rings is 1. The highest BCUT2D eigenvalue weighted by atomic mass is 32.1. The van der Waals surface area contributed by atoms with Crippen molar-refractivity contribution in [3.8, 4) is 0 Å². The van der Waals surface area contributed by atoms with Crippen molar-refractivity contribution in [3.63, 3.8) is 0 Å². The second-order valence-electron chi connectivity index (χ2n) is 6.91. The predicted octanol–water partition coefficient (Wildman–Crippen LogP) is 3.86. The number of hydrogen-bond acceptors (Lipinski definition) is 4. The van der Waals surface area contributed by atoms with E-state index in [4.69, 9.17) is 0 Å². The van der Waals surface area contributed by atoms with Gasteiger partial charge in [0.25, 0.3) is 0 Å². The second-order valence-corrected chi connectivity index (χ2v) is 7.89. The van der Waals surface area contributed by atoms with E-state index in [-0.39, 0.29) is 24.3 Å². The molecule has 4 rings (SSSR count). The van der Waals surface area contributed by atoms with Gasteiger partial charge in [-0.15, -0.1) is 11.3 Å². The van der Waals surface area contributed by atoms with Crippen molar-refractivity contribution in [2.75, 3.05) is 4.90 Å². The zero-order valence-electron chi connectivity index (χ0n) is 15.5. The molecule has 6 heteroatoms. The molecule has 3 heterocycles. The molecular formula is C22H21N3O2S. The summed E-state index contributed by atoms with van der Waals surface area (Å²) < 4.78 is 0. The third-order valence-electron chi connectivity index (χ3n) is 4.98. The molecule has 1 N–H and O–H groups in total. The number of carbonyl (C=O) groups is 2. The average Bonchev–Trinajstić information content (AvgIpc) is 3.35. The van der Waals surface area contributed by atoms with Gasteiger partial charge < -0.3 is 10.2 Å². The van der Waals surface area contributed by atoms with Gasteiger partial charge in [0, 0.05) is 23.2 Å². The lowest BCUT2D eigenvalue weighted by Gasteiger charge is -2.27. The number of aromatic nitrogens is 1. The summed E-state index contributed by atoms with van der Waals surface area (Å²) in [5.41, 5.74) is 2.75. The molecule has 142 valence electrons. The Morgan fingerprint density at radius 1 is 1.18 bits per heavy atom. The number of aryl methyl sites for hydroxylation is 1. The standard InChI is InChI=1S/C22H21N3O2S/c1-15-7-9-17(10-8-15)25-20(26)13-18(21(25)19-6-4-12-28-19)22(27)24-14-16-5-2-3-11-23-16/h2-12,18,21H,13-14H2,1H3,(H,24,27)/t18-,21-/m1/s1. The molecule has 5 nitrogen and oxygen atoms in total. The number of pyridine rings is 1. The van der Waals surface area contributed by atoms with E-state index in [0.29, 0.717) is 6.54 Å². The number of benzene rings is 1. The molecule has 1 aromatic carbocycles. The Bertz CT molecular complexity index is 955. The summed E-state index contributed by atoms with van der Waals surface area (Å²) in [4.78, 5) is 32.9. The molecule has 3 aromatic rings. The molecule has 0 unspecified atom stereocenters. The quantitative estimate of drug-likeness (QED) is 0.718. The number of carbonyl (C=O) groups excluding carboxylic acids is 2. The van der Waals surface area contributed by atoms with Crippen molar-refractivity contribution in [1.82, 2.24) is 10.3 Å². The highest BCUT2D eigenvalue weighted by molar-refractivity contribution is 7.10. The lowest BCUT2D eigenvalue weighted by Crippen LogP contribution is -2.35. The van der Waals surface area contributed by atoms with Gasteiger partial charge in [-0.1, -0.05) is 29.8 Å². The lowest BCUT2D eigenvalue weighted by molar-refractivity contribution is -0.127. The van der Waals surface area contributed by atoms with E-state index in [1.807, 2.05) is 66.9 Å². The number of anilines is 1. The highest BCUT2D eigenvalue weighted by Gasteiger charge is 2.45. The Morgan fingerprint density at radius 2 is 2.00 bits per heavy atom. The summed E-state index contributed by atoms with van der Waals surface area (Å²) >= 11 is 1.57. The molecule has 0 aliphatic carbocycles. The summed E-state index contributed by atoms with van der Waals surface area (Å²) in [7, 11) is 0. The number of nitrogens with zero attached hydrogens (tertiary/aromatic N) is 2. The molecule has 0 spiro atoms. The van der Waals surface area contributed by atoms with Gasteiger partial charge in [0.1, 0.15) is 0 Å². The van der Waals surface area contributed by atoms with Crippen LogP contribution in [-0.4, -0.2) is 16.8 Å². The Labute approximate surface area is 168 Å². The van der Waals surface area contributed by atoms with Crippen LogP contribution in [0, 0.1) is 12.8 Å². The van der Waals surface area contributed by atoms with Gasteiger partial charge in [-0.05, 0) is 42.6 Å². The van der Waals surface area contributed by atoms with Crippen LogP contribution in [0.3, 0.4) is 0 Å². The van der Waals surface area contributed by atoms with Crippen molar-refractivity contribution >= 4 is 28.8 Å². The van der Waals surface area contributed by atoms with Crippen LogP contribution in [0.2, 0.25) is 0 Å². The molecule has 2 aromatic heterocycles. The van der Waals surface area contributed by atoms with Crippen molar-refractivity contribution in [2.45, 2.75) is 25.9 Å². The molecule has 0 bridgehead atoms.